The monoisotopic (exact) mass is 514 g/mol. The minimum Gasteiger partial charge on any atom is -0.399 e. The molecule has 206 valence electrons. The van der Waals surface area contributed by atoms with Crippen molar-refractivity contribution in [3.63, 3.8) is 0 Å². The number of carbonyl (C=O) groups is 1. The first-order valence-corrected chi connectivity index (χ1v) is 15.3. The van der Waals surface area contributed by atoms with Crippen LogP contribution in [0, 0.1) is 28.6 Å². The van der Waals surface area contributed by atoms with Crippen LogP contribution in [0.2, 0.25) is 0 Å². The highest BCUT2D eigenvalue weighted by Gasteiger charge is 2.52. The van der Waals surface area contributed by atoms with Gasteiger partial charge in [0.15, 0.2) is 0 Å². The lowest BCUT2D eigenvalue weighted by Gasteiger charge is -2.54. The number of aryl methyl sites for hydroxylation is 1. The maximum Gasteiger partial charge on any atom is 0.126 e. The van der Waals surface area contributed by atoms with E-state index in [1.54, 1.807) is 11.1 Å². The second kappa shape index (κ2) is 10.4. The summed E-state index contributed by atoms with van der Waals surface area (Å²) in [5, 5.41) is 0. The predicted octanol–water partition coefficient (Wildman–Crippen LogP) is 8.42. The Morgan fingerprint density at radius 1 is 0.947 bits per heavy atom. The van der Waals surface area contributed by atoms with Gasteiger partial charge in [0.2, 0.25) is 0 Å². The molecule has 0 heterocycles. The summed E-state index contributed by atoms with van der Waals surface area (Å²) in [6.45, 7) is 9.35. The molecule has 0 bridgehead atoms. The maximum absolute atomic E-state index is 11.7. The minimum absolute atomic E-state index is 0.0925. The van der Waals surface area contributed by atoms with Gasteiger partial charge in [0.05, 0.1) is 0 Å². The van der Waals surface area contributed by atoms with Gasteiger partial charge in [-0.3, -0.25) is 0 Å². The standard InChI is InChI=1S/C18H26O.C17H24N2/c1-13-5-6-14-7-8-16-17(2,12-19)9-4-10-18(16,3)15(14)11-13;1-17-9-3-4-13(11-19-2)15(17)8-6-12-5-7-14(18)10-16(12)17/h11-12,16H,4-10H2,1-3H3;5,7,10-11,13,15H,3-4,6,8-9,18H2,1-2H3/t16?,17-,18?;/m1./s1. The molecular formula is C35H50N2O. The Labute approximate surface area is 231 Å². The molecule has 0 aliphatic heterocycles. The molecule has 6 rings (SSSR count). The number of benzene rings is 1. The Hall–Kier alpha value is -2.16. The van der Waals surface area contributed by atoms with E-state index in [1.807, 2.05) is 7.05 Å². The zero-order chi connectivity index (χ0) is 27.1. The highest BCUT2D eigenvalue weighted by molar-refractivity contribution is 5.63. The van der Waals surface area contributed by atoms with Gasteiger partial charge in [-0.1, -0.05) is 56.9 Å². The number of hydrogen-bond donors (Lipinski definition) is 1. The van der Waals surface area contributed by atoms with Crippen molar-refractivity contribution in [3.05, 3.63) is 52.1 Å². The van der Waals surface area contributed by atoms with E-state index in [2.05, 4.69) is 63.2 Å². The number of aldehydes is 1. The summed E-state index contributed by atoms with van der Waals surface area (Å²) in [7, 11) is 1.90. The lowest BCUT2D eigenvalue weighted by atomic mass is 9.49. The van der Waals surface area contributed by atoms with Gasteiger partial charge in [-0.25, -0.2) is 0 Å². The summed E-state index contributed by atoms with van der Waals surface area (Å²) in [5.74, 6) is 1.93. The predicted molar refractivity (Wildman–Crippen MR) is 161 cm³/mol. The molecule has 0 saturated heterocycles. The van der Waals surface area contributed by atoms with Gasteiger partial charge in [0.1, 0.15) is 6.29 Å². The highest BCUT2D eigenvalue weighted by atomic mass is 16.1. The number of nitrogens with two attached hydrogens (primary N) is 1. The van der Waals surface area contributed by atoms with E-state index in [0.29, 0.717) is 17.3 Å². The molecule has 2 N–H and O–H groups in total. The molecule has 0 radical (unpaired) electrons. The third-order valence-electron chi connectivity index (χ3n) is 11.6. The van der Waals surface area contributed by atoms with Crippen LogP contribution in [0.4, 0.5) is 5.69 Å². The number of rotatable bonds is 2. The van der Waals surface area contributed by atoms with Crippen molar-refractivity contribution in [1.82, 2.24) is 0 Å². The van der Waals surface area contributed by atoms with Gasteiger partial charge in [0, 0.05) is 24.4 Å². The average molecular weight is 515 g/mol. The SMILES string of the molecule is CC1=CC2=C(CC1)CCC1C2(C)CCC[C@]1(C)C=O.CN=CC1CCCC2(C)c3cc(N)ccc3CCC12. The first-order valence-electron chi connectivity index (χ1n) is 15.3. The molecular weight excluding hydrogens is 464 g/mol. The maximum atomic E-state index is 11.7. The summed E-state index contributed by atoms with van der Waals surface area (Å²) in [6, 6.07) is 6.52. The van der Waals surface area contributed by atoms with E-state index in [-0.39, 0.29) is 10.8 Å². The van der Waals surface area contributed by atoms with Crippen LogP contribution in [-0.2, 0) is 16.6 Å². The number of allylic oxidation sites excluding steroid dienone is 4. The molecule has 2 fully saturated rings. The van der Waals surface area contributed by atoms with Crippen LogP contribution in [-0.4, -0.2) is 19.5 Å². The van der Waals surface area contributed by atoms with Gasteiger partial charge in [-0.05, 0) is 129 Å². The summed E-state index contributed by atoms with van der Waals surface area (Å²) in [4.78, 5) is 16.0. The summed E-state index contributed by atoms with van der Waals surface area (Å²) in [6.07, 6.45) is 20.8. The smallest absolute Gasteiger partial charge is 0.126 e. The quantitative estimate of drug-likeness (QED) is 0.245. The first kappa shape index (κ1) is 27.4. The Kier molecular flexibility index (Phi) is 7.52. The Morgan fingerprint density at radius 3 is 2.50 bits per heavy atom. The zero-order valence-electron chi connectivity index (χ0n) is 24.6. The normalized spacial score (nSPS) is 38.1. The van der Waals surface area contributed by atoms with E-state index >= 15 is 0 Å². The summed E-state index contributed by atoms with van der Waals surface area (Å²) in [5.41, 5.74) is 15.3. The molecule has 5 unspecified atom stereocenters. The number of hydrogen-bond acceptors (Lipinski definition) is 3. The lowest BCUT2D eigenvalue weighted by molar-refractivity contribution is -0.124. The highest BCUT2D eigenvalue weighted by Crippen LogP contribution is 2.60. The number of nitrogens with zero attached hydrogens (tertiary/aromatic N) is 1. The van der Waals surface area contributed by atoms with Crippen LogP contribution in [0.5, 0.6) is 0 Å². The molecule has 38 heavy (non-hydrogen) atoms. The first-order chi connectivity index (χ1) is 18.1. The van der Waals surface area contributed by atoms with Gasteiger partial charge in [-0.2, -0.15) is 0 Å². The van der Waals surface area contributed by atoms with Crippen molar-refractivity contribution in [2.45, 2.75) is 110 Å². The fraction of sp³-hybridized carbons (Fsp3) is 0.657. The average Bonchev–Trinajstić information content (AvgIpc) is 2.89. The molecule has 0 aromatic heterocycles. The molecule has 0 amide bonds. The number of aliphatic imine (C=N–C) groups is 1. The van der Waals surface area contributed by atoms with Gasteiger partial charge in [0.25, 0.3) is 0 Å². The van der Waals surface area contributed by atoms with Crippen molar-refractivity contribution in [1.29, 1.82) is 0 Å². The zero-order valence-corrected chi connectivity index (χ0v) is 24.6. The Balaban J connectivity index is 0.000000155. The molecule has 2 saturated carbocycles. The lowest BCUT2D eigenvalue weighted by Crippen LogP contribution is -2.47. The van der Waals surface area contributed by atoms with Crippen LogP contribution >= 0.6 is 0 Å². The van der Waals surface area contributed by atoms with Crippen LogP contribution in [0.1, 0.15) is 109 Å². The molecule has 3 nitrogen and oxygen atoms in total. The molecule has 1 aromatic carbocycles. The summed E-state index contributed by atoms with van der Waals surface area (Å²) >= 11 is 0. The van der Waals surface area contributed by atoms with E-state index in [0.717, 1.165) is 18.0 Å². The third-order valence-corrected chi connectivity index (χ3v) is 11.6. The van der Waals surface area contributed by atoms with E-state index in [1.165, 1.54) is 93.6 Å². The topological polar surface area (TPSA) is 55.5 Å². The number of nitrogen functional groups attached to an aromatic ring is 1. The van der Waals surface area contributed by atoms with E-state index < -0.39 is 0 Å². The van der Waals surface area contributed by atoms with Crippen molar-refractivity contribution in [2.75, 3.05) is 12.8 Å². The second-order valence-electron chi connectivity index (χ2n) is 13.9. The van der Waals surface area contributed by atoms with Crippen molar-refractivity contribution < 1.29 is 4.79 Å². The van der Waals surface area contributed by atoms with Crippen LogP contribution < -0.4 is 5.73 Å². The third kappa shape index (κ3) is 4.62. The number of carbonyl (C=O) groups excluding carboxylic acids is 1. The molecule has 0 spiro atoms. The number of fused-ring (bicyclic) bond motifs is 5. The fourth-order valence-electron chi connectivity index (χ4n) is 9.53. The van der Waals surface area contributed by atoms with E-state index in [4.69, 9.17) is 5.73 Å². The van der Waals surface area contributed by atoms with Crippen molar-refractivity contribution in [3.8, 4) is 0 Å². The van der Waals surface area contributed by atoms with Crippen LogP contribution in [0.25, 0.3) is 0 Å². The van der Waals surface area contributed by atoms with Gasteiger partial charge < -0.3 is 15.5 Å². The largest absolute Gasteiger partial charge is 0.399 e. The van der Waals surface area contributed by atoms with Crippen LogP contribution in [0.15, 0.2) is 46.0 Å². The second-order valence-corrected chi connectivity index (χ2v) is 13.9. The van der Waals surface area contributed by atoms with Crippen LogP contribution in [0.3, 0.4) is 0 Å². The molecule has 1 aromatic rings. The Bertz CT molecular complexity index is 1160. The molecule has 5 aliphatic rings. The summed E-state index contributed by atoms with van der Waals surface area (Å²) < 4.78 is 0. The van der Waals surface area contributed by atoms with Gasteiger partial charge >= 0.3 is 0 Å². The van der Waals surface area contributed by atoms with Crippen molar-refractivity contribution >= 4 is 18.2 Å². The minimum atomic E-state index is -0.0925. The number of anilines is 1. The Morgan fingerprint density at radius 2 is 1.74 bits per heavy atom. The molecule has 3 heteroatoms. The fourth-order valence-corrected chi connectivity index (χ4v) is 9.53. The van der Waals surface area contributed by atoms with Crippen molar-refractivity contribution in [2.24, 2.45) is 33.6 Å². The molecule has 6 atom stereocenters. The van der Waals surface area contributed by atoms with Gasteiger partial charge in [-0.15, -0.1) is 0 Å². The molecule has 5 aliphatic carbocycles. The van der Waals surface area contributed by atoms with E-state index in [9.17, 15) is 4.79 Å².